The molecule has 0 nitrogen and oxygen atoms in total. The highest BCUT2D eigenvalue weighted by Gasteiger charge is 2.32. The van der Waals surface area contributed by atoms with Crippen LogP contribution in [0.25, 0.3) is 0 Å². The van der Waals surface area contributed by atoms with E-state index in [0.29, 0.717) is 0 Å². The molecule has 2 rings (SSSR count). The third-order valence-electron chi connectivity index (χ3n) is 4.35. The van der Waals surface area contributed by atoms with E-state index in [1.165, 1.54) is 25.7 Å². The Labute approximate surface area is 107 Å². The minimum absolute atomic E-state index is 1.19. The molecule has 0 atom stereocenters. The predicted molar refractivity (Wildman–Crippen MR) is 79.6 cm³/mol. The van der Waals surface area contributed by atoms with Crippen molar-refractivity contribution < 1.29 is 0 Å². The molecule has 0 spiro atoms. The SMILES string of the molecule is CCC1=CCC([Si](C)(C)C2=CC=C(CC)C2)=C1. The number of rotatable bonds is 4. The standard InChI is InChI=1S/C16H24Si/c1-5-13-7-9-15(11-13)17(3,4)16-10-8-14(6-2)12-16/h7-9,12H,5-6,10-11H2,1-4H3. The zero-order chi connectivity index (χ0) is 12.5. The van der Waals surface area contributed by atoms with E-state index in [9.17, 15) is 0 Å². The molecule has 0 heterocycles. The van der Waals surface area contributed by atoms with Crippen molar-refractivity contribution in [2.75, 3.05) is 0 Å². The van der Waals surface area contributed by atoms with Gasteiger partial charge in [-0.2, -0.15) is 0 Å². The van der Waals surface area contributed by atoms with Crippen molar-refractivity contribution in [2.45, 2.75) is 52.6 Å². The monoisotopic (exact) mass is 244 g/mol. The van der Waals surface area contributed by atoms with E-state index in [2.05, 4.69) is 51.2 Å². The minimum atomic E-state index is -1.34. The summed E-state index contributed by atoms with van der Waals surface area (Å²) >= 11 is 0. The summed E-state index contributed by atoms with van der Waals surface area (Å²) in [4.78, 5) is 0. The molecular formula is C16H24Si. The summed E-state index contributed by atoms with van der Waals surface area (Å²) in [5, 5.41) is 3.46. The number of hydrogen-bond donors (Lipinski definition) is 0. The zero-order valence-corrected chi connectivity index (χ0v) is 12.6. The Hall–Kier alpha value is -0.823. The van der Waals surface area contributed by atoms with Crippen LogP contribution in [0.1, 0.15) is 39.5 Å². The Morgan fingerprint density at radius 2 is 1.82 bits per heavy atom. The second-order valence-electron chi connectivity index (χ2n) is 5.68. The Kier molecular flexibility index (Phi) is 3.57. The van der Waals surface area contributed by atoms with E-state index in [1.807, 2.05) is 0 Å². The Morgan fingerprint density at radius 3 is 2.35 bits per heavy atom. The summed E-state index contributed by atoms with van der Waals surface area (Å²) in [7, 11) is -1.34. The van der Waals surface area contributed by atoms with Crippen LogP contribution >= 0.6 is 0 Å². The summed E-state index contributed by atoms with van der Waals surface area (Å²) in [5.74, 6) is 0. The van der Waals surface area contributed by atoms with E-state index in [1.54, 1.807) is 21.5 Å². The van der Waals surface area contributed by atoms with Crippen molar-refractivity contribution in [1.82, 2.24) is 0 Å². The van der Waals surface area contributed by atoms with Crippen molar-refractivity contribution in [2.24, 2.45) is 0 Å². The first-order chi connectivity index (χ1) is 8.07. The Bertz CT molecular complexity index is 430. The van der Waals surface area contributed by atoms with Gasteiger partial charge in [0, 0.05) is 0 Å². The van der Waals surface area contributed by atoms with Gasteiger partial charge in [-0.1, -0.05) is 72.8 Å². The largest absolute Gasteiger partial charge is 0.103 e. The molecular weight excluding hydrogens is 220 g/mol. The van der Waals surface area contributed by atoms with Crippen molar-refractivity contribution >= 4 is 8.07 Å². The van der Waals surface area contributed by atoms with E-state index in [0.717, 1.165) is 0 Å². The molecule has 17 heavy (non-hydrogen) atoms. The molecule has 0 unspecified atom stereocenters. The maximum atomic E-state index is 2.52. The third-order valence-corrected chi connectivity index (χ3v) is 8.25. The average Bonchev–Trinajstić information content (AvgIpc) is 2.98. The van der Waals surface area contributed by atoms with Gasteiger partial charge in [-0.25, -0.2) is 0 Å². The van der Waals surface area contributed by atoms with Crippen molar-refractivity contribution in [3.05, 3.63) is 45.8 Å². The molecule has 0 aromatic heterocycles. The molecule has 0 bridgehead atoms. The fraction of sp³-hybridized carbons (Fsp3) is 0.500. The van der Waals surface area contributed by atoms with Gasteiger partial charge in [0.1, 0.15) is 8.07 Å². The predicted octanol–water partition coefficient (Wildman–Crippen LogP) is 5.11. The maximum Gasteiger partial charge on any atom is 0.103 e. The van der Waals surface area contributed by atoms with Crippen LogP contribution in [0.5, 0.6) is 0 Å². The van der Waals surface area contributed by atoms with Crippen LogP contribution < -0.4 is 0 Å². The summed E-state index contributed by atoms with van der Waals surface area (Å²) in [6.07, 6.45) is 14.5. The van der Waals surface area contributed by atoms with Crippen molar-refractivity contribution in [3.8, 4) is 0 Å². The van der Waals surface area contributed by atoms with E-state index < -0.39 is 8.07 Å². The molecule has 0 saturated carbocycles. The van der Waals surface area contributed by atoms with E-state index >= 15 is 0 Å². The van der Waals surface area contributed by atoms with Crippen LogP contribution in [-0.2, 0) is 0 Å². The normalized spacial score (nSPS) is 20.0. The molecule has 0 aromatic carbocycles. The van der Waals surface area contributed by atoms with Gasteiger partial charge in [-0.05, 0) is 25.7 Å². The van der Waals surface area contributed by atoms with Gasteiger partial charge in [-0.15, -0.1) is 0 Å². The first-order valence-corrected chi connectivity index (χ1v) is 9.87. The van der Waals surface area contributed by atoms with Gasteiger partial charge in [0.25, 0.3) is 0 Å². The van der Waals surface area contributed by atoms with Crippen LogP contribution in [0, 0.1) is 0 Å². The average molecular weight is 244 g/mol. The third kappa shape index (κ3) is 2.39. The number of allylic oxidation sites excluding steroid dienone is 8. The lowest BCUT2D eigenvalue weighted by Crippen LogP contribution is -2.31. The molecule has 92 valence electrons. The van der Waals surface area contributed by atoms with Crippen LogP contribution in [0.4, 0.5) is 0 Å². The minimum Gasteiger partial charge on any atom is -0.0776 e. The molecule has 2 aliphatic carbocycles. The lowest BCUT2D eigenvalue weighted by molar-refractivity contribution is 1.04. The molecule has 0 amide bonds. The molecule has 0 N–H and O–H groups in total. The molecule has 1 heteroatoms. The van der Waals surface area contributed by atoms with Gasteiger partial charge in [0.05, 0.1) is 0 Å². The highest BCUT2D eigenvalue weighted by molar-refractivity contribution is 6.90. The smallest absolute Gasteiger partial charge is 0.0776 e. The lowest BCUT2D eigenvalue weighted by atomic mass is 10.2. The zero-order valence-electron chi connectivity index (χ0n) is 11.6. The summed E-state index contributed by atoms with van der Waals surface area (Å²) in [6.45, 7) is 9.56. The summed E-state index contributed by atoms with van der Waals surface area (Å²) in [6, 6.07) is 0. The van der Waals surface area contributed by atoms with Gasteiger partial charge < -0.3 is 0 Å². The van der Waals surface area contributed by atoms with Gasteiger partial charge in [-0.3, -0.25) is 0 Å². The van der Waals surface area contributed by atoms with Gasteiger partial charge in [0.15, 0.2) is 0 Å². The lowest BCUT2D eigenvalue weighted by Gasteiger charge is -2.26. The quantitative estimate of drug-likeness (QED) is 0.603. The van der Waals surface area contributed by atoms with Crippen LogP contribution in [-0.4, -0.2) is 8.07 Å². The summed E-state index contributed by atoms with van der Waals surface area (Å²) in [5.41, 5.74) is 3.16. The molecule has 2 aliphatic rings. The number of hydrogen-bond acceptors (Lipinski definition) is 0. The molecule has 0 aromatic rings. The van der Waals surface area contributed by atoms with Gasteiger partial charge in [0.2, 0.25) is 0 Å². The molecule has 0 radical (unpaired) electrons. The Balaban J connectivity index is 2.12. The van der Waals surface area contributed by atoms with E-state index in [-0.39, 0.29) is 0 Å². The first-order valence-electron chi connectivity index (χ1n) is 6.87. The van der Waals surface area contributed by atoms with Crippen LogP contribution in [0.2, 0.25) is 13.1 Å². The molecule has 0 aliphatic heterocycles. The maximum absolute atomic E-state index is 2.52. The second kappa shape index (κ2) is 4.81. The van der Waals surface area contributed by atoms with Crippen molar-refractivity contribution in [3.63, 3.8) is 0 Å². The highest BCUT2D eigenvalue weighted by Crippen LogP contribution is 2.37. The van der Waals surface area contributed by atoms with Gasteiger partial charge >= 0.3 is 0 Å². The highest BCUT2D eigenvalue weighted by atomic mass is 28.3. The summed E-state index contributed by atoms with van der Waals surface area (Å²) < 4.78 is 0. The Morgan fingerprint density at radius 1 is 1.06 bits per heavy atom. The van der Waals surface area contributed by atoms with Crippen LogP contribution in [0.3, 0.4) is 0 Å². The molecule has 0 saturated heterocycles. The fourth-order valence-electron chi connectivity index (χ4n) is 2.72. The van der Waals surface area contributed by atoms with E-state index in [4.69, 9.17) is 0 Å². The van der Waals surface area contributed by atoms with Crippen LogP contribution in [0.15, 0.2) is 45.8 Å². The van der Waals surface area contributed by atoms with Crippen molar-refractivity contribution in [1.29, 1.82) is 0 Å². The fourth-order valence-corrected chi connectivity index (χ4v) is 5.46. The first kappa shape index (κ1) is 12.6. The second-order valence-corrected chi connectivity index (χ2v) is 10.2. The molecule has 0 fully saturated rings. The topological polar surface area (TPSA) is 0 Å².